The number of rotatable bonds is 6. The van der Waals surface area contributed by atoms with E-state index in [0.717, 1.165) is 11.3 Å². The molecule has 9 nitrogen and oxygen atoms in total. The highest BCUT2D eigenvalue weighted by Crippen LogP contribution is 2.33. The first-order valence-electron chi connectivity index (χ1n) is 8.79. The van der Waals surface area contributed by atoms with Crippen LogP contribution in [0.15, 0.2) is 35.6 Å². The van der Waals surface area contributed by atoms with E-state index in [2.05, 4.69) is 15.0 Å². The maximum absolute atomic E-state index is 10.00. The van der Waals surface area contributed by atoms with Crippen molar-refractivity contribution in [3.8, 4) is 5.75 Å². The van der Waals surface area contributed by atoms with Gasteiger partial charge in [-0.1, -0.05) is 23.9 Å². The summed E-state index contributed by atoms with van der Waals surface area (Å²) in [6.07, 6.45) is 0.120. The lowest BCUT2D eigenvalue weighted by atomic mass is 10.2. The fraction of sp³-hybridized carbons (Fsp3) is 0.389. The van der Waals surface area contributed by atoms with Gasteiger partial charge in [0.2, 0.25) is 5.95 Å². The number of methoxy groups -OCH3 is 1. The number of ether oxygens (including phenoxy) is 2. The third kappa shape index (κ3) is 3.63. The molecule has 0 unspecified atom stereocenters. The SMILES string of the molecule is COc1ccc(CSc2nc(N)nc3c2ncn3[C@H]2C[C@H](O)[C@@H](CO)O2)cc1. The quantitative estimate of drug-likeness (QED) is 0.412. The molecule has 3 heterocycles. The number of nitrogens with zero attached hydrogens (tertiary/aromatic N) is 4. The van der Waals surface area contributed by atoms with Crippen LogP contribution in [-0.4, -0.2) is 55.7 Å². The normalized spacial score (nSPS) is 22.0. The van der Waals surface area contributed by atoms with E-state index in [1.54, 1.807) is 18.0 Å². The Morgan fingerprint density at radius 2 is 2.11 bits per heavy atom. The molecule has 1 aliphatic rings. The Morgan fingerprint density at radius 3 is 2.79 bits per heavy atom. The second-order valence-electron chi connectivity index (χ2n) is 6.46. The summed E-state index contributed by atoms with van der Waals surface area (Å²) in [4.78, 5) is 13.1. The van der Waals surface area contributed by atoms with E-state index in [0.29, 0.717) is 28.4 Å². The fourth-order valence-corrected chi connectivity index (χ4v) is 4.08. The second-order valence-corrected chi connectivity index (χ2v) is 7.43. The molecule has 0 bridgehead atoms. The van der Waals surface area contributed by atoms with Gasteiger partial charge in [-0.25, -0.2) is 9.97 Å². The van der Waals surface area contributed by atoms with Crippen LogP contribution >= 0.6 is 11.8 Å². The summed E-state index contributed by atoms with van der Waals surface area (Å²) < 4.78 is 12.6. The molecule has 1 aromatic carbocycles. The average molecular weight is 403 g/mol. The Hall–Kier alpha value is -2.40. The van der Waals surface area contributed by atoms with E-state index in [-0.39, 0.29) is 12.6 Å². The van der Waals surface area contributed by atoms with Crippen molar-refractivity contribution in [3.63, 3.8) is 0 Å². The zero-order valence-corrected chi connectivity index (χ0v) is 16.0. The third-order valence-electron chi connectivity index (χ3n) is 4.64. The Bertz CT molecular complexity index is 965. The van der Waals surface area contributed by atoms with E-state index in [1.165, 1.54) is 11.8 Å². The molecule has 4 N–H and O–H groups in total. The molecule has 148 valence electrons. The number of aromatic nitrogens is 4. The molecule has 28 heavy (non-hydrogen) atoms. The van der Waals surface area contributed by atoms with Crippen LogP contribution in [0.5, 0.6) is 5.75 Å². The molecule has 1 saturated heterocycles. The molecule has 0 spiro atoms. The van der Waals surface area contributed by atoms with Gasteiger partial charge in [0, 0.05) is 12.2 Å². The maximum Gasteiger partial charge on any atom is 0.223 e. The Morgan fingerprint density at radius 1 is 1.32 bits per heavy atom. The second kappa shape index (κ2) is 7.92. The molecule has 0 radical (unpaired) electrons. The lowest BCUT2D eigenvalue weighted by molar-refractivity contribution is -0.0432. The number of aliphatic hydroxyl groups excluding tert-OH is 2. The number of fused-ring (bicyclic) bond motifs is 1. The van der Waals surface area contributed by atoms with Crippen LogP contribution in [0.2, 0.25) is 0 Å². The molecule has 2 aromatic heterocycles. The van der Waals surface area contributed by atoms with Gasteiger partial charge in [-0.3, -0.25) is 4.57 Å². The minimum absolute atomic E-state index is 0.142. The van der Waals surface area contributed by atoms with Gasteiger partial charge >= 0.3 is 0 Å². The lowest BCUT2D eigenvalue weighted by Gasteiger charge is -2.14. The first kappa shape index (κ1) is 18.9. The zero-order chi connectivity index (χ0) is 19.7. The van der Waals surface area contributed by atoms with Crippen molar-refractivity contribution < 1.29 is 19.7 Å². The summed E-state index contributed by atoms with van der Waals surface area (Å²) in [6, 6.07) is 7.81. The maximum atomic E-state index is 10.00. The molecular formula is C18H21N5O4S. The highest BCUT2D eigenvalue weighted by molar-refractivity contribution is 7.98. The first-order chi connectivity index (χ1) is 13.6. The van der Waals surface area contributed by atoms with Crippen molar-refractivity contribution >= 4 is 28.9 Å². The molecule has 4 rings (SSSR count). The highest BCUT2D eigenvalue weighted by atomic mass is 32.2. The number of hydrogen-bond acceptors (Lipinski definition) is 9. The molecule has 0 aliphatic carbocycles. The van der Waals surface area contributed by atoms with Gasteiger partial charge in [0.05, 0.1) is 26.1 Å². The number of nitrogen functional groups attached to an aromatic ring is 1. The number of anilines is 1. The summed E-state index contributed by atoms with van der Waals surface area (Å²) in [5.74, 6) is 1.64. The molecule has 1 fully saturated rings. The van der Waals surface area contributed by atoms with Gasteiger partial charge in [0.15, 0.2) is 5.65 Å². The zero-order valence-electron chi connectivity index (χ0n) is 15.2. The van der Waals surface area contributed by atoms with Crippen molar-refractivity contribution in [2.24, 2.45) is 0 Å². The number of nitrogens with two attached hydrogens (primary N) is 1. The first-order valence-corrected chi connectivity index (χ1v) is 9.77. The Kier molecular flexibility index (Phi) is 5.36. The molecule has 3 aromatic rings. The van der Waals surface area contributed by atoms with Crippen LogP contribution in [0, 0.1) is 0 Å². The standard InChI is InChI=1S/C18H21N5O4S/c1-26-11-4-2-10(3-5-11)8-28-17-15-16(21-18(19)22-17)23(9-20-15)14-6-12(25)13(7-24)27-14/h2-5,9,12-14,24-25H,6-8H2,1H3,(H2,19,21,22)/t12-,13+,14+/m0/s1. The number of thioether (sulfide) groups is 1. The van der Waals surface area contributed by atoms with Gasteiger partial charge in [0.25, 0.3) is 0 Å². The summed E-state index contributed by atoms with van der Waals surface area (Å²) in [5, 5.41) is 20.0. The van der Waals surface area contributed by atoms with Crippen molar-refractivity contribution in [2.45, 2.75) is 35.6 Å². The monoisotopic (exact) mass is 403 g/mol. The van der Waals surface area contributed by atoms with Gasteiger partial charge in [-0.15, -0.1) is 0 Å². The van der Waals surface area contributed by atoms with E-state index in [4.69, 9.17) is 15.2 Å². The van der Waals surface area contributed by atoms with Gasteiger partial charge in [-0.05, 0) is 17.7 Å². The highest BCUT2D eigenvalue weighted by Gasteiger charge is 2.35. The van der Waals surface area contributed by atoms with Gasteiger partial charge in [-0.2, -0.15) is 4.98 Å². The molecule has 0 amide bonds. The largest absolute Gasteiger partial charge is 0.497 e. The van der Waals surface area contributed by atoms with Crippen molar-refractivity contribution in [1.82, 2.24) is 19.5 Å². The third-order valence-corrected chi connectivity index (χ3v) is 5.67. The molecular weight excluding hydrogens is 382 g/mol. The summed E-state index contributed by atoms with van der Waals surface area (Å²) in [7, 11) is 1.64. The number of hydrogen-bond donors (Lipinski definition) is 3. The summed E-state index contributed by atoms with van der Waals surface area (Å²) in [6.45, 7) is -0.246. The predicted octanol–water partition coefficient (Wildman–Crippen LogP) is 1.35. The molecule has 0 saturated carbocycles. The molecule has 1 aliphatic heterocycles. The number of benzene rings is 1. The van der Waals surface area contributed by atoms with Crippen LogP contribution < -0.4 is 10.5 Å². The van der Waals surface area contributed by atoms with E-state index >= 15 is 0 Å². The van der Waals surface area contributed by atoms with Gasteiger partial charge in [0.1, 0.15) is 28.6 Å². The van der Waals surface area contributed by atoms with Crippen molar-refractivity contribution in [1.29, 1.82) is 0 Å². The van der Waals surface area contributed by atoms with E-state index in [1.807, 2.05) is 24.3 Å². The Balaban J connectivity index is 1.58. The predicted molar refractivity (Wildman–Crippen MR) is 104 cm³/mol. The molecule has 10 heteroatoms. The van der Waals surface area contributed by atoms with Gasteiger partial charge < -0.3 is 25.4 Å². The van der Waals surface area contributed by atoms with Crippen LogP contribution in [0.25, 0.3) is 11.2 Å². The lowest BCUT2D eigenvalue weighted by Crippen LogP contribution is -2.24. The minimum Gasteiger partial charge on any atom is -0.497 e. The van der Waals surface area contributed by atoms with Crippen LogP contribution in [0.1, 0.15) is 18.2 Å². The van der Waals surface area contributed by atoms with Crippen LogP contribution in [0.4, 0.5) is 5.95 Å². The van der Waals surface area contributed by atoms with Crippen LogP contribution in [-0.2, 0) is 10.5 Å². The van der Waals surface area contributed by atoms with E-state index in [9.17, 15) is 10.2 Å². The van der Waals surface area contributed by atoms with Crippen molar-refractivity contribution in [3.05, 3.63) is 36.2 Å². The summed E-state index contributed by atoms with van der Waals surface area (Å²) >= 11 is 1.51. The summed E-state index contributed by atoms with van der Waals surface area (Å²) in [5.41, 5.74) is 8.20. The average Bonchev–Trinajstić information content (AvgIpc) is 3.29. The fourth-order valence-electron chi connectivity index (χ4n) is 3.14. The number of aliphatic hydroxyl groups is 2. The van der Waals surface area contributed by atoms with Crippen molar-refractivity contribution in [2.75, 3.05) is 19.5 Å². The topological polar surface area (TPSA) is 129 Å². The molecule has 3 atom stereocenters. The number of imidazole rings is 1. The van der Waals surface area contributed by atoms with E-state index < -0.39 is 18.4 Å². The Labute approximate surface area is 165 Å². The smallest absolute Gasteiger partial charge is 0.223 e. The minimum atomic E-state index is -0.740. The van der Waals surface area contributed by atoms with Crippen LogP contribution in [0.3, 0.4) is 0 Å².